The van der Waals surface area contributed by atoms with Crippen molar-refractivity contribution in [2.75, 3.05) is 0 Å². The Labute approximate surface area is 371 Å². The van der Waals surface area contributed by atoms with E-state index in [4.69, 9.17) is 8.83 Å². The van der Waals surface area contributed by atoms with Crippen LogP contribution in [0.15, 0.2) is 191 Å². The maximum absolute atomic E-state index is 6.63. The first-order valence-corrected chi connectivity index (χ1v) is 22.4. The summed E-state index contributed by atoms with van der Waals surface area (Å²) in [6, 6.07) is 66.8. The largest absolute Gasteiger partial charge is 0.456 e. The predicted molar refractivity (Wildman–Crippen MR) is 268 cm³/mol. The third-order valence-electron chi connectivity index (χ3n) is 14.1. The van der Waals surface area contributed by atoms with Crippen LogP contribution in [0.1, 0.15) is 51.3 Å². The zero-order valence-electron chi connectivity index (χ0n) is 36.6. The van der Waals surface area contributed by atoms with Crippen molar-refractivity contribution in [2.45, 2.75) is 45.4 Å². The molecular formula is C61H45NO2. The van der Waals surface area contributed by atoms with Gasteiger partial charge in [-0.2, -0.15) is 0 Å². The maximum atomic E-state index is 6.63. The lowest BCUT2D eigenvalue weighted by molar-refractivity contribution is 0.592. The molecule has 0 N–H and O–H groups in total. The van der Waals surface area contributed by atoms with Crippen molar-refractivity contribution in [3.8, 4) is 50.2 Å². The van der Waals surface area contributed by atoms with E-state index < -0.39 is 0 Å². The summed E-state index contributed by atoms with van der Waals surface area (Å²) >= 11 is 0. The average molecular weight is 824 g/mol. The van der Waals surface area contributed by atoms with Crippen LogP contribution in [0, 0.1) is 0 Å². The third-order valence-corrected chi connectivity index (χ3v) is 14.1. The second-order valence-corrected chi connectivity index (χ2v) is 19.3. The number of hydrogen-bond acceptors (Lipinski definition) is 2. The molecule has 0 aliphatic heterocycles. The van der Waals surface area contributed by atoms with E-state index in [-0.39, 0.29) is 10.8 Å². The average Bonchev–Trinajstić information content (AvgIpc) is 4.05. The molecule has 306 valence electrons. The van der Waals surface area contributed by atoms with Gasteiger partial charge in [0.15, 0.2) is 0 Å². The number of aromatic nitrogens is 1. The van der Waals surface area contributed by atoms with Gasteiger partial charge in [0, 0.05) is 32.6 Å². The molecule has 64 heavy (non-hydrogen) atoms. The maximum Gasteiger partial charge on any atom is 0.137 e. The molecule has 0 spiro atoms. The lowest BCUT2D eigenvalue weighted by Gasteiger charge is -2.25. The molecular weight excluding hydrogens is 779 g/mol. The number of para-hydroxylation sites is 2. The van der Waals surface area contributed by atoms with E-state index in [0.717, 1.165) is 71.7 Å². The summed E-state index contributed by atoms with van der Waals surface area (Å²) in [5.41, 5.74) is 20.5. The summed E-state index contributed by atoms with van der Waals surface area (Å²) < 4.78 is 15.8. The first kappa shape index (κ1) is 37.0. The number of benzene rings is 9. The molecule has 1 aliphatic carbocycles. The highest BCUT2D eigenvalue weighted by Gasteiger charge is 2.35. The summed E-state index contributed by atoms with van der Waals surface area (Å²) in [5, 5.41) is 6.76. The second kappa shape index (κ2) is 13.2. The molecule has 9 aromatic carbocycles. The van der Waals surface area contributed by atoms with Crippen LogP contribution in [-0.2, 0) is 10.8 Å². The van der Waals surface area contributed by atoms with Crippen LogP contribution >= 0.6 is 0 Å². The molecule has 0 bridgehead atoms. The minimum atomic E-state index is -0.133. The predicted octanol–water partition coefficient (Wildman–Crippen LogP) is 17.2. The molecule has 0 unspecified atom stereocenters. The fourth-order valence-corrected chi connectivity index (χ4v) is 11.0. The molecule has 0 amide bonds. The molecule has 0 fully saturated rings. The van der Waals surface area contributed by atoms with E-state index >= 15 is 0 Å². The molecule has 0 radical (unpaired) electrons. The molecule has 0 atom stereocenters. The topological polar surface area (TPSA) is 31.2 Å². The van der Waals surface area contributed by atoms with Crippen molar-refractivity contribution in [1.82, 2.24) is 4.57 Å². The molecule has 3 heteroatoms. The number of hydrogen-bond donors (Lipinski definition) is 0. The van der Waals surface area contributed by atoms with Gasteiger partial charge in [0.1, 0.15) is 22.3 Å². The van der Waals surface area contributed by atoms with E-state index in [1.54, 1.807) is 0 Å². The van der Waals surface area contributed by atoms with Crippen molar-refractivity contribution in [2.24, 2.45) is 0 Å². The van der Waals surface area contributed by atoms with Crippen molar-refractivity contribution in [3.05, 3.63) is 199 Å². The molecule has 3 aromatic heterocycles. The molecule has 13 rings (SSSR count). The highest BCUT2D eigenvalue weighted by molar-refractivity contribution is 6.30. The van der Waals surface area contributed by atoms with Crippen LogP contribution in [0.5, 0.6) is 0 Å². The molecule has 12 aromatic rings. The third kappa shape index (κ3) is 5.28. The van der Waals surface area contributed by atoms with Gasteiger partial charge in [-0.1, -0.05) is 156 Å². The van der Waals surface area contributed by atoms with Gasteiger partial charge in [0.2, 0.25) is 0 Å². The van der Waals surface area contributed by atoms with E-state index in [9.17, 15) is 0 Å². The Morgan fingerprint density at radius 1 is 0.391 bits per heavy atom. The van der Waals surface area contributed by atoms with Gasteiger partial charge in [0.25, 0.3) is 0 Å². The SMILES string of the molecule is CC(C)(C)c1cc(-c2cc(-c3ccc4c(c3)C(C)(C)c3ccccc3-4)cc(-n3c4c(ccc5oc6ccccc6c54)c4ccc5oc6ccccc6c5c43)c2)ccc1-c1ccccc1. The zero-order valence-corrected chi connectivity index (χ0v) is 36.6. The summed E-state index contributed by atoms with van der Waals surface area (Å²) in [5.74, 6) is 0. The Balaban J connectivity index is 1.16. The summed E-state index contributed by atoms with van der Waals surface area (Å²) in [6.45, 7) is 11.7. The highest BCUT2D eigenvalue weighted by Crippen LogP contribution is 2.51. The fourth-order valence-electron chi connectivity index (χ4n) is 11.0. The van der Waals surface area contributed by atoms with Gasteiger partial charge in [-0.05, 0) is 127 Å². The Kier molecular flexibility index (Phi) is 7.63. The van der Waals surface area contributed by atoms with Gasteiger partial charge in [-0.25, -0.2) is 0 Å². The van der Waals surface area contributed by atoms with Crippen LogP contribution in [0.25, 0.3) is 116 Å². The highest BCUT2D eigenvalue weighted by atomic mass is 16.3. The molecule has 3 heterocycles. The fraction of sp³-hybridized carbons (Fsp3) is 0.115. The van der Waals surface area contributed by atoms with Crippen LogP contribution in [0.4, 0.5) is 0 Å². The van der Waals surface area contributed by atoms with E-state index in [2.05, 4.69) is 221 Å². The standard InChI is InChI=1S/C61H45NO2/c1-60(2,3)50-34-37(23-25-42(50)36-15-7-6-8-16-36)39-31-40(38-24-26-44-43-17-9-12-20-49(43)61(4,5)51(44)35-38)33-41(32-39)62-58-45(27-29-54-56(58)47-18-10-13-21-52(47)63-54)46-28-30-55-57(59(46)62)48-19-11-14-22-53(48)64-55/h6-35H,1-5H3. The van der Waals surface area contributed by atoms with Crippen molar-refractivity contribution >= 4 is 65.7 Å². The number of nitrogens with zero attached hydrogens (tertiary/aromatic N) is 1. The van der Waals surface area contributed by atoms with Crippen LogP contribution < -0.4 is 0 Å². The lowest BCUT2D eigenvalue weighted by Crippen LogP contribution is -2.14. The normalized spacial score (nSPS) is 13.5. The first-order chi connectivity index (χ1) is 31.1. The number of furan rings is 2. The molecule has 0 saturated heterocycles. The summed E-state index contributed by atoms with van der Waals surface area (Å²) in [4.78, 5) is 0. The smallest absolute Gasteiger partial charge is 0.137 e. The Morgan fingerprint density at radius 3 is 1.55 bits per heavy atom. The molecule has 3 nitrogen and oxygen atoms in total. The van der Waals surface area contributed by atoms with Gasteiger partial charge >= 0.3 is 0 Å². The van der Waals surface area contributed by atoms with E-state index in [1.165, 1.54) is 60.8 Å². The van der Waals surface area contributed by atoms with Gasteiger partial charge in [-0.15, -0.1) is 0 Å². The minimum absolute atomic E-state index is 0.100. The number of rotatable bonds is 4. The molecule has 1 aliphatic rings. The van der Waals surface area contributed by atoms with Crippen molar-refractivity contribution in [3.63, 3.8) is 0 Å². The first-order valence-electron chi connectivity index (χ1n) is 22.4. The van der Waals surface area contributed by atoms with Crippen LogP contribution in [0.2, 0.25) is 0 Å². The second-order valence-electron chi connectivity index (χ2n) is 19.3. The zero-order chi connectivity index (χ0) is 43.1. The quantitative estimate of drug-likeness (QED) is 0.177. The number of fused-ring (bicyclic) bond motifs is 14. The van der Waals surface area contributed by atoms with E-state index in [1.807, 2.05) is 0 Å². The van der Waals surface area contributed by atoms with E-state index in [0.29, 0.717) is 0 Å². The van der Waals surface area contributed by atoms with Crippen molar-refractivity contribution in [1.29, 1.82) is 0 Å². The Hall–Kier alpha value is -7.62. The van der Waals surface area contributed by atoms with Gasteiger partial charge in [0.05, 0.1) is 21.8 Å². The molecule has 0 saturated carbocycles. The Morgan fingerprint density at radius 2 is 0.922 bits per heavy atom. The summed E-state index contributed by atoms with van der Waals surface area (Å²) in [7, 11) is 0. The Bertz CT molecular complexity index is 3770. The van der Waals surface area contributed by atoms with Gasteiger partial charge < -0.3 is 13.4 Å². The van der Waals surface area contributed by atoms with Crippen LogP contribution in [0.3, 0.4) is 0 Å². The van der Waals surface area contributed by atoms with Gasteiger partial charge in [-0.3, -0.25) is 0 Å². The lowest BCUT2D eigenvalue weighted by atomic mass is 9.80. The monoisotopic (exact) mass is 823 g/mol. The summed E-state index contributed by atoms with van der Waals surface area (Å²) in [6.07, 6.45) is 0. The van der Waals surface area contributed by atoms with Crippen molar-refractivity contribution < 1.29 is 8.83 Å². The van der Waals surface area contributed by atoms with Crippen LogP contribution in [-0.4, -0.2) is 4.57 Å². The minimum Gasteiger partial charge on any atom is -0.456 e.